The second-order valence-corrected chi connectivity index (χ2v) is 4.63. The molecular weight excluding hydrogens is 255 g/mol. The van der Waals surface area contributed by atoms with Crippen molar-refractivity contribution in [1.82, 2.24) is 0 Å². The molecule has 4 heteroatoms. The van der Waals surface area contributed by atoms with Gasteiger partial charge in [-0.3, -0.25) is 0 Å². The number of rotatable bonds is 4. The van der Waals surface area contributed by atoms with Crippen molar-refractivity contribution in [2.45, 2.75) is 6.04 Å². The van der Waals surface area contributed by atoms with E-state index in [1.54, 1.807) is 12.3 Å². The first-order valence-electron chi connectivity index (χ1n) is 6.46. The van der Waals surface area contributed by atoms with Crippen LogP contribution in [0.5, 0.6) is 0 Å². The van der Waals surface area contributed by atoms with Gasteiger partial charge in [-0.2, -0.15) is 0 Å². The summed E-state index contributed by atoms with van der Waals surface area (Å²) in [6, 6.07) is 14.0. The van der Waals surface area contributed by atoms with E-state index in [4.69, 9.17) is 10.2 Å². The molecule has 3 N–H and O–H groups in total. The summed E-state index contributed by atoms with van der Waals surface area (Å²) in [5, 5.41) is 4.26. The Hall–Kier alpha value is -2.33. The summed E-state index contributed by atoms with van der Waals surface area (Å²) in [5.41, 5.74) is 8.34. The Labute approximate surface area is 116 Å². The molecule has 1 unspecified atom stereocenters. The Morgan fingerprint density at radius 1 is 1.15 bits per heavy atom. The van der Waals surface area contributed by atoms with Gasteiger partial charge < -0.3 is 15.5 Å². The first kappa shape index (κ1) is 12.7. The lowest BCUT2D eigenvalue weighted by molar-refractivity contribution is 0.604. The molecule has 0 aliphatic rings. The van der Waals surface area contributed by atoms with Crippen LogP contribution in [-0.2, 0) is 0 Å². The largest absolute Gasteiger partial charge is 0.464 e. The van der Waals surface area contributed by atoms with Gasteiger partial charge in [0.05, 0.1) is 12.3 Å². The van der Waals surface area contributed by atoms with Crippen molar-refractivity contribution in [2.75, 3.05) is 11.9 Å². The maximum absolute atomic E-state index is 13.2. The number of nitrogens with one attached hydrogen (secondary N) is 1. The fourth-order valence-electron chi connectivity index (χ4n) is 2.31. The molecular formula is C16H15FN2O. The van der Waals surface area contributed by atoms with Crippen LogP contribution in [0.3, 0.4) is 0 Å². The lowest BCUT2D eigenvalue weighted by Crippen LogP contribution is -2.20. The third-order valence-corrected chi connectivity index (χ3v) is 3.29. The molecule has 3 nitrogen and oxygen atoms in total. The first-order valence-corrected chi connectivity index (χ1v) is 6.46. The number of hydrogen-bond acceptors (Lipinski definition) is 3. The van der Waals surface area contributed by atoms with Crippen LogP contribution in [0.1, 0.15) is 11.6 Å². The molecule has 0 saturated carbocycles. The van der Waals surface area contributed by atoms with Crippen LogP contribution >= 0.6 is 0 Å². The zero-order chi connectivity index (χ0) is 13.9. The number of anilines is 1. The number of para-hydroxylation sites is 1. The van der Waals surface area contributed by atoms with Crippen LogP contribution in [0.15, 0.2) is 59.2 Å². The monoisotopic (exact) mass is 270 g/mol. The van der Waals surface area contributed by atoms with Crippen LogP contribution in [0.4, 0.5) is 10.1 Å². The Morgan fingerprint density at radius 2 is 2.00 bits per heavy atom. The highest BCUT2D eigenvalue weighted by Crippen LogP contribution is 2.28. The molecule has 3 rings (SSSR count). The summed E-state index contributed by atoms with van der Waals surface area (Å²) < 4.78 is 18.8. The van der Waals surface area contributed by atoms with E-state index < -0.39 is 0 Å². The van der Waals surface area contributed by atoms with Crippen molar-refractivity contribution in [3.63, 3.8) is 0 Å². The predicted octanol–water partition coefficient (Wildman–Crippen LogP) is 3.68. The summed E-state index contributed by atoms with van der Waals surface area (Å²) in [7, 11) is 0. The van der Waals surface area contributed by atoms with Gasteiger partial charge in [0.25, 0.3) is 0 Å². The van der Waals surface area contributed by atoms with Crippen molar-refractivity contribution < 1.29 is 8.81 Å². The number of halogens is 1. The quantitative estimate of drug-likeness (QED) is 0.760. The van der Waals surface area contributed by atoms with Crippen LogP contribution in [0.25, 0.3) is 11.0 Å². The van der Waals surface area contributed by atoms with Crippen molar-refractivity contribution in [1.29, 1.82) is 0 Å². The third kappa shape index (κ3) is 2.38. The zero-order valence-electron chi connectivity index (χ0n) is 10.8. The van der Waals surface area contributed by atoms with E-state index >= 15 is 0 Å². The lowest BCUT2D eigenvalue weighted by atomic mass is 10.1. The van der Waals surface area contributed by atoms with Crippen molar-refractivity contribution >= 4 is 16.7 Å². The standard InChI is InChI=1S/C16H15FN2O/c17-11-4-3-5-12(8-11)19-15(9-18)14-10-20-16-7-2-1-6-13(14)16/h1-8,10,15,19H,9,18H2. The lowest BCUT2D eigenvalue weighted by Gasteiger charge is -2.17. The minimum absolute atomic E-state index is 0.125. The molecule has 102 valence electrons. The molecule has 0 aliphatic carbocycles. The molecule has 2 aromatic carbocycles. The fourth-order valence-corrected chi connectivity index (χ4v) is 2.31. The van der Waals surface area contributed by atoms with E-state index in [-0.39, 0.29) is 11.9 Å². The molecule has 0 bridgehead atoms. The second-order valence-electron chi connectivity index (χ2n) is 4.63. The van der Waals surface area contributed by atoms with E-state index in [0.29, 0.717) is 12.2 Å². The minimum atomic E-state index is -0.275. The van der Waals surface area contributed by atoms with Gasteiger partial charge in [0.15, 0.2) is 0 Å². The predicted molar refractivity (Wildman–Crippen MR) is 78.0 cm³/mol. The van der Waals surface area contributed by atoms with Crippen LogP contribution in [0, 0.1) is 5.82 Å². The highest BCUT2D eigenvalue weighted by molar-refractivity contribution is 5.81. The molecule has 1 atom stereocenters. The Kier molecular flexibility index (Phi) is 3.39. The van der Waals surface area contributed by atoms with Gasteiger partial charge in [-0.1, -0.05) is 24.3 Å². The Morgan fingerprint density at radius 3 is 2.80 bits per heavy atom. The molecule has 0 radical (unpaired) electrons. The number of fused-ring (bicyclic) bond motifs is 1. The number of hydrogen-bond donors (Lipinski definition) is 2. The number of furan rings is 1. The van der Waals surface area contributed by atoms with Crippen LogP contribution < -0.4 is 11.1 Å². The maximum atomic E-state index is 13.2. The first-order chi connectivity index (χ1) is 9.78. The molecule has 1 heterocycles. The van der Waals surface area contributed by atoms with Crippen molar-refractivity contribution in [3.8, 4) is 0 Å². The normalized spacial score (nSPS) is 12.5. The molecule has 0 spiro atoms. The van der Waals surface area contributed by atoms with Gasteiger partial charge in [-0.25, -0.2) is 4.39 Å². The van der Waals surface area contributed by atoms with E-state index in [9.17, 15) is 4.39 Å². The highest BCUT2D eigenvalue weighted by atomic mass is 19.1. The SMILES string of the molecule is NCC(Nc1cccc(F)c1)c1coc2ccccc12. The second kappa shape index (κ2) is 5.35. The summed E-state index contributed by atoms with van der Waals surface area (Å²) in [4.78, 5) is 0. The molecule has 1 aromatic heterocycles. The molecule has 0 fully saturated rings. The summed E-state index contributed by atoms with van der Waals surface area (Å²) in [6.07, 6.45) is 1.70. The highest BCUT2D eigenvalue weighted by Gasteiger charge is 2.15. The third-order valence-electron chi connectivity index (χ3n) is 3.29. The number of benzene rings is 2. The van der Waals surface area contributed by atoms with Gasteiger partial charge in [-0.05, 0) is 24.3 Å². The molecule has 3 aromatic rings. The maximum Gasteiger partial charge on any atom is 0.134 e. The minimum Gasteiger partial charge on any atom is -0.464 e. The Bertz CT molecular complexity index is 723. The zero-order valence-corrected chi connectivity index (χ0v) is 10.8. The van der Waals surface area contributed by atoms with Gasteiger partial charge >= 0.3 is 0 Å². The van der Waals surface area contributed by atoms with Crippen LogP contribution in [-0.4, -0.2) is 6.54 Å². The van der Waals surface area contributed by atoms with E-state index in [1.165, 1.54) is 12.1 Å². The van der Waals surface area contributed by atoms with Crippen molar-refractivity contribution in [2.24, 2.45) is 5.73 Å². The molecule has 0 aliphatic heterocycles. The summed E-state index contributed by atoms with van der Waals surface area (Å²) >= 11 is 0. The van der Waals surface area contributed by atoms with E-state index in [2.05, 4.69) is 5.32 Å². The molecule has 20 heavy (non-hydrogen) atoms. The van der Waals surface area contributed by atoms with Gasteiger partial charge in [0.1, 0.15) is 11.4 Å². The van der Waals surface area contributed by atoms with Crippen LogP contribution in [0.2, 0.25) is 0 Å². The van der Waals surface area contributed by atoms with Gasteiger partial charge in [-0.15, -0.1) is 0 Å². The summed E-state index contributed by atoms with van der Waals surface area (Å²) in [5.74, 6) is -0.275. The fraction of sp³-hybridized carbons (Fsp3) is 0.125. The Balaban J connectivity index is 1.93. The van der Waals surface area contributed by atoms with E-state index in [0.717, 1.165) is 16.5 Å². The summed E-state index contributed by atoms with van der Waals surface area (Å²) in [6.45, 7) is 0.389. The molecule has 0 saturated heterocycles. The van der Waals surface area contributed by atoms with Crippen molar-refractivity contribution in [3.05, 3.63) is 66.2 Å². The van der Waals surface area contributed by atoms with Gasteiger partial charge in [0, 0.05) is 23.2 Å². The van der Waals surface area contributed by atoms with Gasteiger partial charge in [0.2, 0.25) is 0 Å². The molecule has 0 amide bonds. The number of nitrogens with two attached hydrogens (primary N) is 1. The average Bonchev–Trinajstić information content (AvgIpc) is 2.89. The van der Waals surface area contributed by atoms with E-state index in [1.807, 2.05) is 30.3 Å². The topological polar surface area (TPSA) is 51.2 Å². The average molecular weight is 270 g/mol. The smallest absolute Gasteiger partial charge is 0.134 e.